The lowest BCUT2D eigenvalue weighted by Gasteiger charge is -2.50. The Balaban J connectivity index is 2.09. The molecule has 0 aliphatic carbocycles. The molecule has 3 fully saturated rings. The highest BCUT2D eigenvalue weighted by Crippen LogP contribution is 2.38. The third-order valence-corrected chi connectivity index (χ3v) is 3.38. The van der Waals surface area contributed by atoms with Crippen LogP contribution in [-0.2, 0) is 4.74 Å². The molecule has 1 atom stereocenters. The summed E-state index contributed by atoms with van der Waals surface area (Å²) in [6, 6.07) is 0. The van der Waals surface area contributed by atoms with E-state index in [4.69, 9.17) is 16.3 Å². The van der Waals surface area contributed by atoms with Crippen LogP contribution in [0.25, 0.3) is 0 Å². The Hall–Kier alpha value is -0.280. The summed E-state index contributed by atoms with van der Waals surface area (Å²) >= 11 is 5.26. The molecule has 0 aromatic heterocycles. The van der Waals surface area contributed by atoms with Crippen molar-refractivity contribution in [1.82, 2.24) is 4.90 Å². The smallest absolute Gasteiger partial charge is 0.404 e. The first-order valence-electron chi connectivity index (χ1n) is 4.71. The van der Waals surface area contributed by atoms with E-state index in [9.17, 15) is 4.79 Å². The highest BCUT2D eigenvalue weighted by molar-refractivity contribution is 6.61. The van der Waals surface area contributed by atoms with Crippen LogP contribution in [0.2, 0.25) is 0 Å². The molecule has 4 heteroatoms. The number of fused-ring (bicyclic) bond motifs is 3. The third-order valence-electron chi connectivity index (χ3n) is 3.30. The lowest BCUT2D eigenvalue weighted by Crippen LogP contribution is -2.59. The van der Waals surface area contributed by atoms with E-state index in [1.165, 1.54) is 0 Å². The first-order valence-corrected chi connectivity index (χ1v) is 5.09. The van der Waals surface area contributed by atoms with Crippen LogP contribution in [0.4, 0.5) is 4.79 Å². The lowest BCUT2D eigenvalue weighted by atomic mass is 9.76. The minimum Gasteiger partial charge on any atom is -0.446 e. The number of nitrogens with zero attached hydrogens (tertiary/aromatic N) is 1. The fourth-order valence-electron chi connectivity index (χ4n) is 2.57. The average molecular weight is 204 g/mol. The molecule has 3 nitrogen and oxygen atoms in total. The molecule has 0 N–H and O–H groups in total. The van der Waals surface area contributed by atoms with Gasteiger partial charge < -0.3 is 4.74 Å². The van der Waals surface area contributed by atoms with E-state index >= 15 is 0 Å². The monoisotopic (exact) mass is 203 g/mol. The fourth-order valence-corrected chi connectivity index (χ4v) is 2.75. The molecular formula is C9H14ClNO2. The number of halogens is 1. The molecule has 3 aliphatic heterocycles. The van der Waals surface area contributed by atoms with Gasteiger partial charge in [0.05, 0.1) is 0 Å². The molecule has 13 heavy (non-hydrogen) atoms. The van der Waals surface area contributed by atoms with Crippen LogP contribution in [-0.4, -0.2) is 35.6 Å². The van der Waals surface area contributed by atoms with Crippen LogP contribution in [0.1, 0.15) is 19.8 Å². The molecule has 0 amide bonds. The molecule has 0 unspecified atom stereocenters. The number of ether oxygens (including phenoxy) is 1. The van der Waals surface area contributed by atoms with Crippen molar-refractivity contribution >= 4 is 17.0 Å². The maximum Gasteiger partial charge on any atom is 0.404 e. The second kappa shape index (κ2) is 3.14. The summed E-state index contributed by atoms with van der Waals surface area (Å²) in [5, 5.41) is 0. The van der Waals surface area contributed by atoms with Gasteiger partial charge in [-0.3, -0.25) is 4.90 Å². The summed E-state index contributed by atoms with van der Waals surface area (Å²) < 4.78 is 5.20. The molecule has 3 saturated heterocycles. The highest BCUT2D eigenvalue weighted by atomic mass is 35.5. The van der Waals surface area contributed by atoms with Crippen LogP contribution >= 0.6 is 11.6 Å². The van der Waals surface area contributed by atoms with E-state index in [2.05, 4.69) is 4.90 Å². The van der Waals surface area contributed by atoms with E-state index in [1.54, 1.807) is 0 Å². The summed E-state index contributed by atoms with van der Waals surface area (Å²) in [5.41, 5.74) is -1.01. The van der Waals surface area contributed by atoms with Crippen LogP contribution in [0.3, 0.4) is 0 Å². The van der Waals surface area contributed by atoms with E-state index in [0.29, 0.717) is 5.92 Å². The molecule has 0 radical (unpaired) electrons. The molecule has 0 aromatic carbocycles. The van der Waals surface area contributed by atoms with E-state index < -0.39 is 5.43 Å². The third kappa shape index (κ3) is 1.67. The van der Waals surface area contributed by atoms with Gasteiger partial charge in [0, 0.05) is 24.1 Å². The van der Waals surface area contributed by atoms with Gasteiger partial charge in [0.15, 0.2) is 0 Å². The van der Waals surface area contributed by atoms with Gasteiger partial charge in [0.2, 0.25) is 0 Å². The molecule has 0 aromatic rings. The number of carbonyl (C=O) groups is 1. The Bertz CT molecular complexity index is 226. The van der Waals surface area contributed by atoms with E-state index in [-0.39, 0.29) is 5.60 Å². The summed E-state index contributed by atoms with van der Waals surface area (Å²) in [6.45, 7) is 5.11. The summed E-state index contributed by atoms with van der Waals surface area (Å²) in [6.07, 6.45) is 2.25. The molecular weight excluding hydrogens is 190 g/mol. The molecule has 3 heterocycles. The van der Waals surface area contributed by atoms with Crippen molar-refractivity contribution in [1.29, 1.82) is 0 Å². The second-order valence-electron chi connectivity index (χ2n) is 4.20. The number of hydrogen-bond donors (Lipinski definition) is 0. The second-order valence-corrected chi connectivity index (χ2v) is 4.51. The SMILES string of the molecule is C[C@@]1(OC(=O)Cl)CN2CCC1CC2. The van der Waals surface area contributed by atoms with Crippen LogP contribution in [0, 0.1) is 5.92 Å². The molecule has 2 bridgehead atoms. The van der Waals surface area contributed by atoms with Crippen LogP contribution < -0.4 is 0 Å². The van der Waals surface area contributed by atoms with Crippen molar-refractivity contribution in [2.75, 3.05) is 19.6 Å². The first-order chi connectivity index (χ1) is 6.10. The predicted octanol–water partition coefficient (Wildman–Crippen LogP) is 1.85. The standard InChI is InChI=1S/C9H14ClNO2/c1-9(13-8(10)12)6-11-4-2-7(9)3-5-11/h7H,2-6H2,1H3/t9-/m1/s1. The Morgan fingerprint density at radius 1 is 1.54 bits per heavy atom. The topological polar surface area (TPSA) is 29.5 Å². The quantitative estimate of drug-likeness (QED) is 0.610. The molecule has 3 rings (SSSR count). The summed E-state index contributed by atoms with van der Waals surface area (Å²) in [4.78, 5) is 13.1. The van der Waals surface area contributed by atoms with Gasteiger partial charge in [-0.15, -0.1) is 0 Å². The van der Waals surface area contributed by atoms with Crippen LogP contribution in [0.15, 0.2) is 0 Å². The highest BCUT2D eigenvalue weighted by Gasteiger charge is 2.45. The lowest BCUT2D eigenvalue weighted by molar-refractivity contribution is -0.0968. The summed E-state index contributed by atoms with van der Waals surface area (Å²) in [7, 11) is 0. The minimum atomic E-state index is -0.670. The van der Waals surface area contributed by atoms with Crippen molar-refractivity contribution in [2.45, 2.75) is 25.4 Å². The van der Waals surface area contributed by atoms with Gasteiger partial charge in [0.25, 0.3) is 0 Å². The van der Waals surface area contributed by atoms with Gasteiger partial charge in [-0.2, -0.15) is 0 Å². The molecule has 3 aliphatic rings. The van der Waals surface area contributed by atoms with E-state index in [1.807, 2.05) is 6.92 Å². The number of hydrogen-bond acceptors (Lipinski definition) is 3. The average Bonchev–Trinajstić information content (AvgIpc) is 2.03. The van der Waals surface area contributed by atoms with Crippen LogP contribution in [0.5, 0.6) is 0 Å². The van der Waals surface area contributed by atoms with Crippen molar-refractivity contribution in [2.24, 2.45) is 5.92 Å². The van der Waals surface area contributed by atoms with Crippen molar-refractivity contribution < 1.29 is 9.53 Å². The number of piperidine rings is 3. The van der Waals surface area contributed by atoms with Gasteiger partial charge in [-0.25, -0.2) is 4.79 Å². The Morgan fingerprint density at radius 2 is 2.15 bits per heavy atom. The van der Waals surface area contributed by atoms with Gasteiger partial charge >= 0.3 is 5.43 Å². The molecule has 0 spiro atoms. The Morgan fingerprint density at radius 3 is 2.54 bits per heavy atom. The molecule has 74 valence electrons. The fraction of sp³-hybridized carbons (Fsp3) is 0.889. The normalized spacial score (nSPS) is 43.2. The van der Waals surface area contributed by atoms with Crippen molar-refractivity contribution in [3.05, 3.63) is 0 Å². The number of carbonyl (C=O) groups excluding carboxylic acids is 1. The van der Waals surface area contributed by atoms with Gasteiger partial charge in [-0.1, -0.05) is 0 Å². The van der Waals surface area contributed by atoms with Crippen molar-refractivity contribution in [3.8, 4) is 0 Å². The maximum atomic E-state index is 10.7. The van der Waals surface area contributed by atoms with E-state index in [0.717, 1.165) is 32.5 Å². The number of rotatable bonds is 1. The van der Waals surface area contributed by atoms with Gasteiger partial charge in [-0.05, 0) is 32.9 Å². The maximum absolute atomic E-state index is 10.7. The zero-order valence-corrected chi connectivity index (χ0v) is 8.51. The largest absolute Gasteiger partial charge is 0.446 e. The van der Waals surface area contributed by atoms with Crippen molar-refractivity contribution in [3.63, 3.8) is 0 Å². The van der Waals surface area contributed by atoms with Gasteiger partial charge in [0.1, 0.15) is 5.60 Å². The first kappa shape index (κ1) is 9.28. The summed E-state index contributed by atoms with van der Waals surface area (Å²) in [5.74, 6) is 0.500. The zero-order valence-electron chi connectivity index (χ0n) is 7.75. The Labute approximate surface area is 83.0 Å². The predicted molar refractivity (Wildman–Crippen MR) is 49.9 cm³/mol. The molecule has 0 saturated carbocycles. The Kier molecular flexibility index (Phi) is 2.24. The minimum absolute atomic E-state index is 0.338. The zero-order chi connectivity index (χ0) is 9.47.